The number of benzene rings is 2. The van der Waals surface area contributed by atoms with Crippen molar-refractivity contribution in [2.45, 2.75) is 25.1 Å². The summed E-state index contributed by atoms with van der Waals surface area (Å²) in [4.78, 5) is 5.60. The number of nitrogens with zero attached hydrogens (tertiary/aromatic N) is 1. The summed E-state index contributed by atoms with van der Waals surface area (Å²) in [7, 11) is 0. The number of H-pyrrole nitrogens is 1. The highest BCUT2D eigenvalue weighted by Gasteiger charge is 2.32. The van der Waals surface area contributed by atoms with Crippen molar-refractivity contribution in [3.8, 4) is 0 Å². The Balaban J connectivity index is 1.48. The maximum absolute atomic E-state index is 12.9. The zero-order valence-corrected chi connectivity index (χ0v) is 13.7. The molecule has 1 aliphatic heterocycles. The number of nitrogens with one attached hydrogen (secondary N) is 1. The van der Waals surface area contributed by atoms with Crippen LogP contribution < -0.4 is 0 Å². The number of aromatic nitrogens is 1. The lowest BCUT2D eigenvalue weighted by Gasteiger charge is -2.16. The second-order valence-electron chi connectivity index (χ2n) is 6.70. The Bertz CT molecular complexity index is 882. The molecule has 25 heavy (non-hydrogen) atoms. The van der Waals surface area contributed by atoms with Crippen molar-refractivity contribution in [1.82, 2.24) is 9.88 Å². The van der Waals surface area contributed by atoms with Crippen molar-refractivity contribution in [3.63, 3.8) is 0 Å². The maximum Gasteiger partial charge on any atom is 0.416 e. The molecule has 2 heterocycles. The number of alkyl halides is 3. The molecule has 4 rings (SSSR count). The molecule has 1 fully saturated rings. The van der Waals surface area contributed by atoms with Crippen molar-refractivity contribution >= 4 is 10.9 Å². The summed E-state index contributed by atoms with van der Waals surface area (Å²) < 4.78 is 38.8. The molecule has 2 nitrogen and oxygen atoms in total. The highest BCUT2D eigenvalue weighted by molar-refractivity contribution is 5.82. The molecule has 0 saturated carbocycles. The van der Waals surface area contributed by atoms with Gasteiger partial charge in [-0.3, -0.25) is 4.90 Å². The van der Waals surface area contributed by atoms with E-state index in [1.807, 2.05) is 30.5 Å². The Kier molecular flexibility index (Phi) is 4.04. The van der Waals surface area contributed by atoms with Gasteiger partial charge < -0.3 is 4.98 Å². The number of hydrogen-bond acceptors (Lipinski definition) is 1. The molecule has 1 unspecified atom stereocenters. The number of para-hydroxylation sites is 1. The number of hydrogen-bond donors (Lipinski definition) is 1. The number of rotatable bonds is 3. The number of likely N-dealkylation sites (tertiary alicyclic amines) is 1. The molecule has 1 N–H and O–H groups in total. The van der Waals surface area contributed by atoms with Gasteiger partial charge in [0.1, 0.15) is 0 Å². The molecule has 3 aromatic rings. The van der Waals surface area contributed by atoms with Crippen LogP contribution in [0, 0.1) is 0 Å². The lowest BCUT2D eigenvalue weighted by molar-refractivity contribution is -0.137. The van der Waals surface area contributed by atoms with Crippen LogP contribution >= 0.6 is 0 Å². The van der Waals surface area contributed by atoms with E-state index in [2.05, 4.69) is 16.0 Å². The topological polar surface area (TPSA) is 19.0 Å². The van der Waals surface area contributed by atoms with E-state index in [1.165, 1.54) is 23.1 Å². The van der Waals surface area contributed by atoms with Gasteiger partial charge in [0, 0.05) is 30.2 Å². The van der Waals surface area contributed by atoms with Gasteiger partial charge in [0.25, 0.3) is 0 Å². The largest absolute Gasteiger partial charge is 0.416 e. The highest BCUT2D eigenvalue weighted by atomic mass is 19.4. The van der Waals surface area contributed by atoms with Gasteiger partial charge in [-0.15, -0.1) is 0 Å². The summed E-state index contributed by atoms with van der Waals surface area (Å²) in [5, 5.41) is 1.21. The lowest BCUT2D eigenvalue weighted by Crippen LogP contribution is -2.19. The van der Waals surface area contributed by atoms with Crippen LogP contribution in [0.1, 0.15) is 29.0 Å². The molecule has 0 aliphatic carbocycles. The van der Waals surface area contributed by atoms with Gasteiger partial charge >= 0.3 is 6.18 Å². The van der Waals surface area contributed by atoms with Crippen molar-refractivity contribution in [3.05, 3.63) is 71.4 Å². The second kappa shape index (κ2) is 6.23. The van der Waals surface area contributed by atoms with Crippen molar-refractivity contribution in [2.75, 3.05) is 13.1 Å². The third kappa shape index (κ3) is 3.29. The van der Waals surface area contributed by atoms with E-state index >= 15 is 0 Å². The summed E-state index contributed by atoms with van der Waals surface area (Å²) in [6.45, 7) is 2.51. The molecule has 1 aliphatic rings. The van der Waals surface area contributed by atoms with E-state index in [1.54, 1.807) is 0 Å². The van der Waals surface area contributed by atoms with Gasteiger partial charge in [-0.1, -0.05) is 36.4 Å². The van der Waals surface area contributed by atoms with Gasteiger partial charge in [0.2, 0.25) is 0 Å². The standard InChI is InChI=1S/C20H19F3N2/c21-20(22,23)17-5-3-4-14(10-17)15-8-9-25(12-15)13-16-11-24-19-7-2-1-6-18(16)19/h1-7,10-11,15,24H,8-9,12-13H2. The Morgan fingerprint density at radius 1 is 1.08 bits per heavy atom. The molecular formula is C20H19F3N2. The van der Waals surface area contributed by atoms with Crippen LogP contribution in [-0.2, 0) is 12.7 Å². The number of fused-ring (bicyclic) bond motifs is 1. The number of aromatic amines is 1. The predicted molar refractivity (Wildman–Crippen MR) is 92.4 cm³/mol. The first-order chi connectivity index (χ1) is 12.0. The summed E-state index contributed by atoms with van der Waals surface area (Å²) in [6.07, 6.45) is -1.36. The van der Waals surface area contributed by atoms with Gasteiger partial charge in [-0.25, -0.2) is 0 Å². The minimum Gasteiger partial charge on any atom is -0.361 e. The van der Waals surface area contributed by atoms with E-state index in [0.717, 1.165) is 43.2 Å². The smallest absolute Gasteiger partial charge is 0.361 e. The fraction of sp³-hybridized carbons (Fsp3) is 0.300. The molecule has 0 radical (unpaired) electrons. The average molecular weight is 344 g/mol. The molecule has 2 aromatic carbocycles. The summed E-state index contributed by atoms with van der Waals surface area (Å²) in [6, 6.07) is 13.9. The lowest BCUT2D eigenvalue weighted by atomic mass is 9.96. The van der Waals surface area contributed by atoms with Gasteiger partial charge in [-0.05, 0) is 42.1 Å². The van der Waals surface area contributed by atoms with Crippen LogP contribution in [0.4, 0.5) is 13.2 Å². The Hall–Kier alpha value is -2.27. The van der Waals surface area contributed by atoms with Crippen molar-refractivity contribution < 1.29 is 13.2 Å². The van der Waals surface area contributed by atoms with Crippen LogP contribution in [0.2, 0.25) is 0 Å². The Labute approximate surface area is 144 Å². The summed E-state index contributed by atoms with van der Waals surface area (Å²) in [5.41, 5.74) is 2.59. The minimum absolute atomic E-state index is 0.160. The van der Waals surface area contributed by atoms with Crippen LogP contribution in [0.3, 0.4) is 0 Å². The van der Waals surface area contributed by atoms with Gasteiger partial charge in [-0.2, -0.15) is 13.2 Å². The van der Waals surface area contributed by atoms with E-state index in [0.29, 0.717) is 0 Å². The van der Waals surface area contributed by atoms with Gasteiger partial charge in [0.15, 0.2) is 0 Å². The maximum atomic E-state index is 12.9. The minimum atomic E-state index is -4.28. The van der Waals surface area contributed by atoms with E-state index in [4.69, 9.17) is 0 Å². The van der Waals surface area contributed by atoms with Gasteiger partial charge in [0.05, 0.1) is 5.56 Å². The van der Waals surface area contributed by atoms with Crippen molar-refractivity contribution in [1.29, 1.82) is 0 Å². The Morgan fingerprint density at radius 3 is 2.76 bits per heavy atom. The Morgan fingerprint density at radius 2 is 1.92 bits per heavy atom. The fourth-order valence-corrected chi connectivity index (χ4v) is 3.72. The van der Waals surface area contributed by atoms with Crippen molar-refractivity contribution in [2.24, 2.45) is 0 Å². The molecule has 1 aromatic heterocycles. The first-order valence-corrected chi connectivity index (χ1v) is 8.45. The molecular weight excluding hydrogens is 325 g/mol. The zero-order valence-electron chi connectivity index (χ0n) is 13.7. The molecule has 130 valence electrons. The second-order valence-corrected chi connectivity index (χ2v) is 6.70. The third-order valence-electron chi connectivity index (χ3n) is 5.03. The van der Waals surface area contributed by atoms with Crippen LogP contribution in [0.5, 0.6) is 0 Å². The predicted octanol–water partition coefficient (Wildman–Crippen LogP) is 5.18. The molecule has 0 spiro atoms. The summed E-state index contributed by atoms with van der Waals surface area (Å²) >= 11 is 0. The average Bonchev–Trinajstić information content (AvgIpc) is 3.22. The molecule has 5 heteroatoms. The van der Waals surface area contributed by atoms with E-state index in [-0.39, 0.29) is 5.92 Å². The fourth-order valence-electron chi connectivity index (χ4n) is 3.72. The molecule has 0 amide bonds. The summed E-state index contributed by atoms with van der Waals surface area (Å²) in [5.74, 6) is 0.160. The quantitative estimate of drug-likeness (QED) is 0.694. The normalized spacial score (nSPS) is 18.9. The van der Waals surface area contributed by atoms with E-state index < -0.39 is 11.7 Å². The first-order valence-electron chi connectivity index (χ1n) is 8.45. The molecule has 0 bridgehead atoms. The molecule has 1 atom stereocenters. The van der Waals surface area contributed by atoms with Crippen LogP contribution in [0.15, 0.2) is 54.7 Å². The highest BCUT2D eigenvalue weighted by Crippen LogP contribution is 2.34. The monoisotopic (exact) mass is 344 g/mol. The number of halogens is 3. The van der Waals surface area contributed by atoms with Crippen LogP contribution in [0.25, 0.3) is 10.9 Å². The van der Waals surface area contributed by atoms with Crippen LogP contribution in [-0.4, -0.2) is 23.0 Å². The first kappa shape index (κ1) is 16.2. The SMILES string of the molecule is FC(F)(F)c1cccc(C2CCN(Cc3c[nH]c4ccccc34)C2)c1. The zero-order chi connectivity index (χ0) is 17.4. The molecule has 1 saturated heterocycles. The third-order valence-corrected chi connectivity index (χ3v) is 5.03. The van der Waals surface area contributed by atoms with E-state index in [9.17, 15) is 13.2 Å².